The van der Waals surface area contributed by atoms with E-state index in [0.29, 0.717) is 11.5 Å². The maximum absolute atomic E-state index is 13.6. The highest BCUT2D eigenvalue weighted by molar-refractivity contribution is 5.94. The van der Waals surface area contributed by atoms with Crippen molar-refractivity contribution in [2.45, 2.75) is 0 Å². The Morgan fingerprint density at radius 2 is 2.05 bits per heavy atom. The van der Waals surface area contributed by atoms with Crippen LogP contribution in [0.15, 0.2) is 41.8 Å². The van der Waals surface area contributed by atoms with Crippen LogP contribution >= 0.6 is 0 Å². The van der Waals surface area contributed by atoms with Crippen molar-refractivity contribution in [3.05, 3.63) is 48.2 Å². The molecule has 0 radical (unpaired) electrons. The van der Waals surface area contributed by atoms with Crippen molar-refractivity contribution in [1.29, 1.82) is 0 Å². The van der Waals surface area contributed by atoms with Crippen molar-refractivity contribution in [2.75, 3.05) is 11.9 Å². The number of nitrogens with zero attached hydrogens (tertiary/aromatic N) is 4. The Labute approximate surface area is 109 Å². The zero-order valence-electron chi connectivity index (χ0n) is 10.2. The number of amidine groups is 1. The highest BCUT2D eigenvalue weighted by Crippen LogP contribution is 2.23. The third-order valence-corrected chi connectivity index (χ3v) is 2.57. The van der Waals surface area contributed by atoms with Gasteiger partial charge in [0.05, 0.1) is 18.1 Å². The Morgan fingerprint density at radius 3 is 2.63 bits per heavy atom. The molecule has 2 rings (SSSR count). The molecule has 98 valence electrons. The summed E-state index contributed by atoms with van der Waals surface area (Å²) < 4.78 is 13.6. The lowest BCUT2D eigenvalue weighted by molar-refractivity contribution is 0.318. The highest BCUT2D eigenvalue weighted by atomic mass is 19.1. The fourth-order valence-electron chi connectivity index (χ4n) is 1.53. The number of rotatable bonds is 3. The SMILES string of the molecule is CN(c1cnc(C(N)=NO)cn1)c1ccccc1F. The molecule has 0 saturated heterocycles. The van der Waals surface area contributed by atoms with Crippen LogP contribution in [0.2, 0.25) is 0 Å². The molecule has 0 fully saturated rings. The number of anilines is 2. The molecule has 0 aliphatic rings. The zero-order chi connectivity index (χ0) is 13.8. The van der Waals surface area contributed by atoms with E-state index in [1.807, 2.05) is 0 Å². The standard InChI is InChI=1S/C12H12FN5O/c1-18(10-5-3-2-4-8(10)13)11-7-15-9(6-16-11)12(14)17-19/h2-7,19H,1H3,(H2,14,17). The predicted octanol–water partition coefficient (Wildman–Crippen LogP) is 1.48. The minimum atomic E-state index is -0.354. The van der Waals surface area contributed by atoms with E-state index in [2.05, 4.69) is 15.1 Å². The van der Waals surface area contributed by atoms with Crippen molar-refractivity contribution in [2.24, 2.45) is 10.9 Å². The van der Waals surface area contributed by atoms with Crippen LogP contribution in [0, 0.1) is 5.82 Å². The second kappa shape index (κ2) is 5.30. The first-order valence-corrected chi connectivity index (χ1v) is 5.41. The fraction of sp³-hybridized carbons (Fsp3) is 0.0833. The molecule has 0 bridgehead atoms. The molecule has 19 heavy (non-hydrogen) atoms. The topological polar surface area (TPSA) is 87.6 Å². The van der Waals surface area contributed by atoms with Gasteiger partial charge in [0.15, 0.2) is 11.7 Å². The fourth-order valence-corrected chi connectivity index (χ4v) is 1.53. The van der Waals surface area contributed by atoms with Gasteiger partial charge in [-0.15, -0.1) is 0 Å². The molecule has 1 aromatic carbocycles. The summed E-state index contributed by atoms with van der Waals surface area (Å²) in [4.78, 5) is 9.63. The van der Waals surface area contributed by atoms with Gasteiger partial charge >= 0.3 is 0 Å². The third-order valence-electron chi connectivity index (χ3n) is 2.57. The van der Waals surface area contributed by atoms with Gasteiger partial charge in [0.25, 0.3) is 0 Å². The quantitative estimate of drug-likeness (QED) is 0.378. The van der Waals surface area contributed by atoms with Gasteiger partial charge in [0, 0.05) is 7.05 Å². The van der Waals surface area contributed by atoms with Crippen LogP contribution in [-0.4, -0.2) is 28.1 Å². The first-order chi connectivity index (χ1) is 9.13. The summed E-state index contributed by atoms with van der Waals surface area (Å²) in [6.07, 6.45) is 2.77. The van der Waals surface area contributed by atoms with E-state index >= 15 is 0 Å². The Kier molecular flexibility index (Phi) is 3.56. The summed E-state index contributed by atoms with van der Waals surface area (Å²) in [5.41, 5.74) is 6.01. The lowest BCUT2D eigenvalue weighted by Gasteiger charge is -2.18. The maximum atomic E-state index is 13.6. The summed E-state index contributed by atoms with van der Waals surface area (Å²) in [5, 5.41) is 11.3. The number of benzene rings is 1. The van der Waals surface area contributed by atoms with E-state index < -0.39 is 0 Å². The van der Waals surface area contributed by atoms with Crippen LogP contribution in [0.1, 0.15) is 5.69 Å². The van der Waals surface area contributed by atoms with Gasteiger partial charge in [0.1, 0.15) is 11.5 Å². The molecule has 0 aliphatic heterocycles. The molecule has 7 heteroatoms. The molecule has 0 atom stereocenters. The summed E-state index contributed by atoms with van der Waals surface area (Å²) in [5.74, 6) is -0.0421. The molecule has 0 aliphatic carbocycles. The van der Waals surface area contributed by atoms with E-state index in [1.54, 1.807) is 30.1 Å². The Bertz CT molecular complexity index is 599. The number of oxime groups is 1. The first-order valence-electron chi connectivity index (χ1n) is 5.41. The van der Waals surface area contributed by atoms with Crippen LogP contribution < -0.4 is 10.6 Å². The molecule has 0 saturated carbocycles. The number of hydrogen-bond donors (Lipinski definition) is 2. The summed E-state index contributed by atoms with van der Waals surface area (Å²) in [6, 6.07) is 6.34. The Morgan fingerprint density at radius 1 is 1.32 bits per heavy atom. The molecule has 0 unspecified atom stereocenters. The van der Waals surface area contributed by atoms with Crippen LogP contribution in [0.4, 0.5) is 15.9 Å². The first kappa shape index (κ1) is 12.7. The predicted molar refractivity (Wildman–Crippen MR) is 69.0 cm³/mol. The van der Waals surface area contributed by atoms with Gasteiger partial charge in [-0.1, -0.05) is 17.3 Å². The molecular weight excluding hydrogens is 249 g/mol. The van der Waals surface area contributed by atoms with Crippen molar-refractivity contribution in [3.8, 4) is 0 Å². The molecule has 1 aromatic heterocycles. The summed E-state index contributed by atoms with van der Waals surface area (Å²) in [7, 11) is 1.67. The molecule has 0 spiro atoms. The minimum Gasteiger partial charge on any atom is -0.409 e. The maximum Gasteiger partial charge on any atom is 0.190 e. The lowest BCUT2D eigenvalue weighted by atomic mass is 10.3. The lowest BCUT2D eigenvalue weighted by Crippen LogP contribution is -2.17. The van der Waals surface area contributed by atoms with Gasteiger partial charge in [-0.3, -0.25) is 0 Å². The molecule has 0 amide bonds. The number of nitrogens with two attached hydrogens (primary N) is 1. The second-order valence-electron chi connectivity index (χ2n) is 3.76. The van der Waals surface area contributed by atoms with Gasteiger partial charge in [-0.05, 0) is 12.1 Å². The Hall–Kier alpha value is -2.70. The van der Waals surface area contributed by atoms with Crippen molar-refractivity contribution in [3.63, 3.8) is 0 Å². The second-order valence-corrected chi connectivity index (χ2v) is 3.76. The number of halogens is 1. The van der Waals surface area contributed by atoms with Crippen LogP contribution in [0.5, 0.6) is 0 Å². The van der Waals surface area contributed by atoms with E-state index in [0.717, 1.165) is 0 Å². The average molecular weight is 261 g/mol. The monoisotopic (exact) mass is 261 g/mol. The smallest absolute Gasteiger partial charge is 0.190 e. The van der Waals surface area contributed by atoms with Crippen molar-refractivity contribution >= 4 is 17.3 Å². The molecular formula is C12H12FN5O. The summed E-state index contributed by atoms with van der Waals surface area (Å²) in [6.45, 7) is 0. The normalized spacial score (nSPS) is 11.4. The number of hydrogen-bond acceptors (Lipinski definition) is 5. The van der Waals surface area contributed by atoms with Crippen molar-refractivity contribution < 1.29 is 9.60 Å². The van der Waals surface area contributed by atoms with Crippen LogP contribution in [-0.2, 0) is 0 Å². The van der Waals surface area contributed by atoms with Crippen molar-refractivity contribution in [1.82, 2.24) is 9.97 Å². The van der Waals surface area contributed by atoms with E-state index in [1.165, 1.54) is 18.5 Å². The van der Waals surface area contributed by atoms with Gasteiger partial charge < -0.3 is 15.8 Å². The van der Waals surface area contributed by atoms with Gasteiger partial charge in [0.2, 0.25) is 0 Å². The number of aromatic nitrogens is 2. The van der Waals surface area contributed by atoms with E-state index in [9.17, 15) is 4.39 Å². The molecule has 3 N–H and O–H groups in total. The van der Waals surface area contributed by atoms with Gasteiger partial charge in [-0.25, -0.2) is 14.4 Å². The third kappa shape index (κ3) is 2.59. The van der Waals surface area contributed by atoms with E-state index in [4.69, 9.17) is 10.9 Å². The highest BCUT2D eigenvalue weighted by Gasteiger charge is 2.11. The molecule has 1 heterocycles. The van der Waals surface area contributed by atoms with Gasteiger partial charge in [-0.2, -0.15) is 0 Å². The zero-order valence-corrected chi connectivity index (χ0v) is 10.2. The largest absolute Gasteiger partial charge is 0.409 e. The average Bonchev–Trinajstić information content (AvgIpc) is 2.46. The Balaban J connectivity index is 2.30. The molecule has 2 aromatic rings. The summed E-state index contributed by atoms with van der Waals surface area (Å²) >= 11 is 0. The number of para-hydroxylation sites is 1. The minimum absolute atomic E-state index is 0.132. The van der Waals surface area contributed by atoms with E-state index in [-0.39, 0.29) is 17.3 Å². The van der Waals surface area contributed by atoms with Crippen LogP contribution in [0.3, 0.4) is 0 Å². The molecule has 6 nitrogen and oxygen atoms in total. The van der Waals surface area contributed by atoms with Crippen LogP contribution in [0.25, 0.3) is 0 Å².